The second-order valence-electron chi connectivity index (χ2n) is 10.2. The van der Waals surface area contributed by atoms with Crippen LogP contribution in [0, 0.1) is 34.7 Å². The van der Waals surface area contributed by atoms with Crippen LogP contribution in [0.4, 0.5) is 13.2 Å². The summed E-state index contributed by atoms with van der Waals surface area (Å²) in [6.45, 7) is 2.20. The fourth-order valence-corrected chi connectivity index (χ4v) is 6.50. The highest BCUT2D eigenvalue weighted by molar-refractivity contribution is 5.77. The number of hydrogen-bond donors (Lipinski definition) is 1. The monoisotopic (exact) mass is 452 g/mol. The van der Waals surface area contributed by atoms with Crippen molar-refractivity contribution in [1.29, 1.82) is 0 Å². The smallest absolute Gasteiger partial charge is 0.310 e. The third-order valence-electron chi connectivity index (χ3n) is 8.26. The van der Waals surface area contributed by atoms with Gasteiger partial charge in [0.15, 0.2) is 17.5 Å². The molecule has 0 spiro atoms. The molecule has 2 saturated carbocycles. The summed E-state index contributed by atoms with van der Waals surface area (Å²) in [7, 11) is 0. The predicted molar refractivity (Wildman–Crippen MR) is 121 cm³/mol. The van der Waals surface area contributed by atoms with E-state index in [1.165, 1.54) is 32.1 Å². The average molecular weight is 453 g/mol. The molecule has 0 aliphatic heterocycles. The predicted octanol–water partition coefficient (Wildman–Crippen LogP) is 8.39. The standard InChI is InChI=1S/C27H39F3O2/c1-2-3-4-5-6-8-11-19-14-15-27(26(31)32,21-12-9-7-10-13-21)22(16-19)20-17-23(28)25(30)24(29)18-20/h17-19,21-22H,2-16H2,1H3,(H,31,32)/t19-,22?,27-/m1/s1. The van der Waals surface area contributed by atoms with Crippen LogP contribution in [0.3, 0.4) is 0 Å². The molecule has 2 aliphatic carbocycles. The number of rotatable bonds is 10. The fourth-order valence-electron chi connectivity index (χ4n) is 6.50. The maximum Gasteiger partial charge on any atom is 0.310 e. The number of hydrogen-bond acceptors (Lipinski definition) is 1. The third-order valence-corrected chi connectivity index (χ3v) is 8.26. The molecule has 2 aliphatic rings. The molecule has 32 heavy (non-hydrogen) atoms. The maximum atomic E-state index is 14.2. The van der Waals surface area contributed by atoms with Crippen LogP contribution in [0.2, 0.25) is 0 Å². The third kappa shape index (κ3) is 5.51. The molecule has 0 aromatic heterocycles. The van der Waals surface area contributed by atoms with E-state index in [0.717, 1.165) is 63.5 Å². The van der Waals surface area contributed by atoms with Crippen molar-refractivity contribution in [2.45, 2.75) is 109 Å². The van der Waals surface area contributed by atoms with Gasteiger partial charge in [-0.25, -0.2) is 13.2 Å². The van der Waals surface area contributed by atoms with Crippen molar-refractivity contribution >= 4 is 5.97 Å². The normalized spacial score (nSPS) is 26.9. The van der Waals surface area contributed by atoms with Crippen molar-refractivity contribution in [3.05, 3.63) is 35.1 Å². The van der Waals surface area contributed by atoms with Crippen LogP contribution in [-0.4, -0.2) is 11.1 Å². The van der Waals surface area contributed by atoms with E-state index >= 15 is 0 Å². The van der Waals surface area contributed by atoms with Crippen LogP contribution in [0.15, 0.2) is 12.1 Å². The Kier molecular flexibility index (Phi) is 9.07. The molecule has 3 rings (SSSR count). The molecular formula is C27H39F3O2. The minimum Gasteiger partial charge on any atom is -0.481 e. The summed E-state index contributed by atoms with van der Waals surface area (Å²) < 4.78 is 42.0. The molecule has 1 aromatic rings. The van der Waals surface area contributed by atoms with Gasteiger partial charge >= 0.3 is 5.97 Å². The number of carbonyl (C=O) groups is 1. The Morgan fingerprint density at radius 2 is 1.59 bits per heavy atom. The molecule has 0 amide bonds. The van der Waals surface area contributed by atoms with E-state index in [-0.39, 0.29) is 5.92 Å². The first-order valence-electron chi connectivity index (χ1n) is 12.8. The van der Waals surface area contributed by atoms with E-state index in [9.17, 15) is 23.1 Å². The molecule has 180 valence electrons. The Balaban J connectivity index is 1.84. The Bertz CT molecular complexity index is 736. The lowest BCUT2D eigenvalue weighted by atomic mass is 9.53. The van der Waals surface area contributed by atoms with Gasteiger partial charge in [-0.15, -0.1) is 0 Å². The van der Waals surface area contributed by atoms with E-state index in [2.05, 4.69) is 6.92 Å². The number of unbranched alkanes of at least 4 members (excludes halogenated alkanes) is 5. The van der Waals surface area contributed by atoms with Crippen molar-refractivity contribution in [2.75, 3.05) is 0 Å². The van der Waals surface area contributed by atoms with Gasteiger partial charge in [-0.3, -0.25) is 4.79 Å². The number of carboxylic acid groups (broad SMARTS) is 1. The minimum absolute atomic E-state index is 0.00455. The van der Waals surface area contributed by atoms with Gasteiger partial charge in [-0.1, -0.05) is 71.1 Å². The van der Waals surface area contributed by atoms with Gasteiger partial charge in [0, 0.05) is 5.92 Å². The van der Waals surface area contributed by atoms with E-state index in [1.807, 2.05) is 0 Å². The highest BCUT2D eigenvalue weighted by Crippen LogP contribution is 2.57. The number of benzene rings is 1. The molecule has 0 radical (unpaired) electrons. The summed E-state index contributed by atoms with van der Waals surface area (Å²) in [6.07, 6.45) is 15.1. The lowest BCUT2D eigenvalue weighted by Crippen LogP contribution is -2.48. The van der Waals surface area contributed by atoms with Gasteiger partial charge in [0.25, 0.3) is 0 Å². The molecule has 1 unspecified atom stereocenters. The van der Waals surface area contributed by atoms with Gasteiger partial charge in [-0.05, 0) is 61.6 Å². The maximum absolute atomic E-state index is 14.2. The van der Waals surface area contributed by atoms with Crippen molar-refractivity contribution in [3.63, 3.8) is 0 Å². The summed E-state index contributed by atoms with van der Waals surface area (Å²) >= 11 is 0. The van der Waals surface area contributed by atoms with Crippen LogP contribution < -0.4 is 0 Å². The van der Waals surface area contributed by atoms with Crippen molar-refractivity contribution in [1.82, 2.24) is 0 Å². The molecular weight excluding hydrogens is 413 g/mol. The second-order valence-corrected chi connectivity index (χ2v) is 10.2. The average Bonchev–Trinajstić information content (AvgIpc) is 2.79. The summed E-state index contributed by atoms with van der Waals surface area (Å²) in [6, 6.07) is 2.10. The number of halogens is 3. The molecule has 1 N–H and O–H groups in total. The lowest BCUT2D eigenvalue weighted by molar-refractivity contribution is -0.159. The summed E-state index contributed by atoms with van der Waals surface area (Å²) in [5, 5.41) is 10.5. The molecule has 2 fully saturated rings. The zero-order chi connectivity index (χ0) is 23.1. The SMILES string of the molecule is CCCCCCCC[C@@H]1CC[C@@](C(=O)O)(C2CCCCC2)C(c2cc(F)c(F)c(F)c2)C1. The number of carboxylic acids is 1. The van der Waals surface area contributed by atoms with E-state index in [1.54, 1.807) is 0 Å². The zero-order valence-corrected chi connectivity index (χ0v) is 19.5. The van der Waals surface area contributed by atoms with Crippen LogP contribution >= 0.6 is 0 Å². The molecule has 3 atom stereocenters. The highest BCUT2D eigenvalue weighted by Gasteiger charge is 2.54. The van der Waals surface area contributed by atoms with Crippen LogP contribution in [-0.2, 0) is 4.79 Å². The Morgan fingerprint density at radius 3 is 2.22 bits per heavy atom. The minimum atomic E-state index is -1.48. The quantitative estimate of drug-likeness (QED) is 0.286. The summed E-state index contributed by atoms with van der Waals surface area (Å²) in [5.41, 5.74) is -0.698. The van der Waals surface area contributed by atoms with Crippen LogP contribution in [0.1, 0.15) is 115 Å². The van der Waals surface area contributed by atoms with Gasteiger partial charge < -0.3 is 5.11 Å². The van der Waals surface area contributed by atoms with E-state index < -0.39 is 34.8 Å². The molecule has 2 nitrogen and oxygen atoms in total. The van der Waals surface area contributed by atoms with Gasteiger partial charge in [0.2, 0.25) is 0 Å². The molecule has 5 heteroatoms. The van der Waals surface area contributed by atoms with Crippen LogP contribution in [0.25, 0.3) is 0 Å². The topological polar surface area (TPSA) is 37.3 Å². The molecule has 0 saturated heterocycles. The van der Waals surface area contributed by atoms with Crippen molar-refractivity contribution < 1.29 is 23.1 Å². The van der Waals surface area contributed by atoms with Crippen molar-refractivity contribution in [2.24, 2.45) is 17.3 Å². The fraction of sp³-hybridized carbons (Fsp3) is 0.741. The van der Waals surface area contributed by atoms with Gasteiger partial charge in [-0.2, -0.15) is 0 Å². The molecule has 0 bridgehead atoms. The molecule has 0 heterocycles. The highest BCUT2D eigenvalue weighted by atomic mass is 19.2. The zero-order valence-electron chi connectivity index (χ0n) is 19.5. The summed E-state index contributed by atoms with van der Waals surface area (Å²) in [5.74, 6) is -4.90. The summed E-state index contributed by atoms with van der Waals surface area (Å²) in [4.78, 5) is 12.8. The first-order valence-corrected chi connectivity index (χ1v) is 12.8. The first-order chi connectivity index (χ1) is 15.4. The van der Waals surface area contributed by atoms with E-state index in [0.29, 0.717) is 24.3 Å². The van der Waals surface area contributed by atoms with Crippen LogP contribution in [0.5, 0.6) is 0 Å². The Labute approximate surface area is 191 Å². The molecule has 1 aromatic carbocycles. The van der Waals surface area contributed by atoms with Gasteiger partial charge in [0.05, 0.1) is 5.41 Å². The largest absolute Gasteiger partial charge is 0.481 e. The van der Waals surface area contributed by atoms with E-state index in [4.69, 9.17) is 0 Å². The lowest BCUT2D eigenvalue weighted by Gasteiger charge is -2.49. The van der Waals surface area contributed by atoms with Crippen molar-refractivity contribution in [3.8, 4) is 0 Å². The Morgan fingerprint density at radius 1 is 0.969 bits per heavy atom. The Hall–Kier alpha value is -1.52. The first kappa shape index (κ1) is 25.1. The van der Waals surface area contributed by atoms with Gasteiger partial charge in [0.1, 0.15) is 0 Å². The second kappa shape index (κ2) is 11.6. The number of aliphatic carboxylic acids is 1.